The molecule has 0 bridgehead atoms. The summed E-state index contributed by atoms with van der Waals surface area (Å²) >= 11 is 11.9. The average Bonchev–Trinajstić information content (AvgIpc) is 0.838. The third-order valence-corrected chi connectivity index (χ3v) is 20.6. The lowest BCUT2D eigenvalue weighted by Crippen LogP contribution is -2.66. The molecule has 13 heterocycles. The minimum absolute atomic E-state index is 0.00120. The van der Waals surface area contributed by atoms with E-state index in [1.807, 2.05) is 150 Å². The molecule has 1 atom stereocenters. The summed E-state index contributed by atoms with van der Waals surface area (Å²) in [6.45, 7) is 25.6. The van der Waals surface area contributed by atoms with Crippen LogP contribution in [0.1, 0.15) is 143 Å². The summed E-state index contributed by atoms with van der Waals surface area (Å²) in [7, 11) is 2.01. The number of nitriles is 1. The second-order valence-corrected chi connectivity index (χ2v) is 32.5. The molecule has 2 N–H and O–H groups in total. The molecule has 2 fully saturated rings. The van der Waals surface area contributed by atoms with Crippen LogP contribution >= 0.6 is 23.2 Å². The number of anilines is 3. The van der Waals surface area contributed by atoms with Crippen molar-refractivity contribution < 1.29 is 18.6 Å². The Labute approximate surface area is 716 Å². The van der Waals surface area contributed by atoms with Crippen LogP contribution in [0.3, 0.4) is 0 Å². The summed E-state index contributed by atoms with van der Waals surface area (Å²) in [6.07, 6.45) is 12.2. The van der Waals surface area contributed by atoms with Crippen molar-refractivity contribution in [3.8, 4) is 35.7 Å². The molecule has 11 aromatic heterocycles. The summed E-state index contributed by atoms with van der Waals surface area (Å²) in [5.41, 5.74) is 19.1. The minimum atomic E-state index is -0.639. The summed E-state index contributed by atoms with van der Waals surface area (Å²) in [4.78, 5) is 43.6. The molecule has 0 aliphatic carbocycles. The van der Waals surface area contributed by atoms with Crippen LogP contribution in [0, 0.1) is 69.9 Å². The molecule has 18 rings (SSSR count). The molecule has 5 aromatic carbocycles. The molecule has 0 saturated carbocycles. The number of pyridine rings is 1. The van der Waals surface area contributed by atoms with Gasteiger partial charge in [0.1, 0.15) is 23.5 Å². The molecular weight excluding hydrogens is 1580 g/mol. The van der Waals surface area contributed by atoms with Gasteiger partial charge in [0.25, 0.3) is 23.8 Å². The zero-order chi connectivity index (χ0) is 85.9. The zero-order valence-corrected chi connectivity index (χ0v) is 71.4. The normalized spacial score (nSPS) is 12.8. The fraction of sp³-hybridized carbons (Fsp3) is 0.258. The fourth-order valence-corrected chi connectivity index (χ4v) is 14.1. The lowest BCUT2D eigenvalue weighted by Gasteiger charge is -2.55. The molecule has 2 aliphatic heterocycles. The largest absolute Gasteiger partial charge is 0.387 e. The number of hydrogen-bond donors (Lipinski definition) is 2. The number of aliphatic hydroxyl groups is 1. The standard InChI is InChI=1S/C21H20N6O.C19H18ClN5.C19H21ClN4.C17H17FN4O.C17H17FN4/c1-15-2-4-16(5-3-15)8-18-9-19(26-11-21(12-26)13-28-14-21)24-20(23-18)27-7-6-17(10-22)25-27;1-12-10-13(2)25(23-12)17-11-14-8-9-24(3)18(14)19(22-17)21-16-6-4-15(20)5-7-16;1-13-11-16(12-14-5-7-15(20)8-6-14)22-18(21-13)24-10-9-17(23-24)19(2,3)4;1-11-9-15(10-13-3-5-14(18)6-4-13)20-17(19-11)22-8-7-16(21-22)12(2)23;1-3-15-8-9-22(21-15)17-19-12(2)10-16(20-17)11-13-4-6-14(18)7-5-13/h2-7,9H,8,11-14H2,1H3;4-11H,1-3H3,(H,21,22);5-11H,12H2,1-4H3;3-9,12,23H,10H2,1-2H3;4-10H,3,11H2,1-2H3. The van der Waals surface area contributed by atoms with Gasteiger partial charge in [0.15, 0.2) is 17.3 Å². The van der Waals surface area contributed by atoms with Gasteiger partial charge in [-0.15, -0.1) is 0 Å². The quantitative estimate of drug-likeness (QED) is 0.0807. The Morgan fingerprint density at radius 3 is 1.44 bits per heavy atom. The van der Waals surface area contributed by atoms with Gasteiger partial charge in [-0.3, -0.25) is 0 Å². The van der Waals surface area contributed by atoms with Gasteiger partial charge in [-0.05, 0) is 198 Å². The SMILES string of the molecule is CCc1ccn(-c2nc(C)cc(Cc3ccc(F)cc3)n2)n1.Cc1cc(C)n(-c2cc3ccn(C)c3c(Nc3ccc(Cl)cc3)n2)n1.Cc1cc(Cc2ccc(Cl)cc2)nc(-n2ccc(C(C)(C)C)n2)n1.Cc1cc(Cc2ccc(F)cc2)nc(-n2ccc(C(C)O)n2)n1.Cc1ccc(Cc2cc(N3CC4(COC4)C3)nc(-n3ccc(C#N)n3)n2)cc1. The summed E-state index contributed by atoms with van der Waals surface area (Å²) in [5, 5.41) is 46.7. The Morgan fingerprint density at radius 2 is 0.975 bits per heavy atom. The average molecular weight is 1670 g/mol. The highest BCUT2D eigenvalue weighted by molar-refractivity contribution is 6.30. The highest BCUT2D eigenvalue weighted by atomic mass is 35.5. The van der Waals surface area contributed by atoms with Crippen molar-refractivity contribution >= 4 is 51.4 Å². The number of nitrogens with zero attached hydrogens (tertiary/aromatic N) is 22. The second kappa shape index (κ2) is 37.5. The van der Waals surface area contributed by atoms with Crippen LogP contribution in [0.25, 0.3) is 40.5 Å². The van der Waals surface area contributed by atoms with Crippen LogP contribution in [0.4, 0.5) is 26.1 Å². The number of nitrogens with one attached hydrogen (secondary N) is 1. The van der Waals surface area contributed by atoms with E-state index in [1.54, 1.807) is 74.4 Å². The molecule has 2 aliphatic rings. The number of aromatic nitrogens is 20. The van der Waals surface area contributed by atoms with Gasteiger partial charge >= 0.3 is 0 Å². The zero-order valence-electron chi connectivity index (χ0n) is 69.9. The Bertz CT molecular complexity index is 6330. The minimum Gasteiger partial charge on any atom is -0.387 e. The van der Waals surface area contributed by atoms with Gasteiger partial charge in [0.05, 0.1) is 75.8 Å². The molecule has 2 saturated heterocycles. The topological polar surface area (TPSA) is 279 Å². The van der Waals surface area contributed by atoms with Gasteiger partial charge in [0.2, 0.25) is 0 Å². The van der Waals surface area contributed by atoms with Crippen molar-refractivity contribution in [2.24, 2.45) is 12.5 Å². The van der Waals surface area contributed by atoms with E-state index in [4.69, 9.17) is 48.2 Å². The van der Waals surface area contributed by atoms with E-state index in [2.05, 4.69) is 153 Å². The van der Waals surface area contributed by atoms with E-state index in [0.717, 1.165) is 158 Å². The van der Waals surface area contributed by atoms with E-state index < -0.39 is 6.10 Å². The Kier molecular flexibility index (Phi) is 26.1. The molecule has 0 amide bonds. The first-order valence-electron chi connectivity index (χ1n) is 40.0. The first kappa shape index (κ1) is 85.0. The third-order valence-electron chi connectivity index (χ3n) is 20.1. The first-order chi connectivity index (χ1) is 58.6. The summed E-state index contributed by atoms with van der Waals surface area (Å²) < 4.78 is 41.8. The lowest BCUT2D eigenvalue weighted by molar-refractivity contribution is -0.127. The number of aliphatic hydroxyl groups excluding tert-OH is 1. The van der Waals surface area contributed by atoms with Gasteiger partial charge in [-0.25, -0.2) is 72.1 Å². The van der Waals surface area contributed by atoms with E-state index >= 15 is 0 Å². The lowest BCUT2D eigenvalue weighted by atomic mass is 9.78. The molecule has 1 unspecified atom stereocenters. The molecule has 29 heteroatoms. The molecule has 1 spiro atoms. The second-order valence-electron chi connectivity index (χ2n) is 31.6. The van der Waals surface area contributed by atoms with Gasteiger partial charge in [0, 0.05) is 132 Å². The molecule has 16 aromatic rings. The summed E-state index contributed by atoms with van der Waals surface area (Å²) in [5.74, 6) is 4.11. The number of rotatable bonds is 18. The van der Waals surface area contributed by atoms with Crippen LogP contribution in [-0.2, 0) is 49.3 Å². The van der Waals surface area contributed by atoms with Crippen LogP contribution in [0.2, 0.25) is 10.0 Å². The van der Waals surface area contributed by atoms with E-state index in [0.29, 0.717) is 58.5 Å². The predicted octanol–water partition coefficient (Wildman–Crippen LogP) is 17.6. The van der Waals surface area contributed by atoms with E-state index in [-0.39, 0.29) is 17.0 Å². The monoisotopic (exact) mass is 1670 g/mol. The maximum atomic E-state index is 13.0. The predicted molar refractivity (Wildman–Crippen MR) is 468 cm³/mol. The highest BCUT2D eigenvalue weighted by Gasteiger charge is 2.49. The van der Waals surface area contributed by atoms with Crippen molar-refractivity contribution in [3.63, 3.8) is 0 Å². The fourth-order valence-electron chi connectivity index (χ4n) is 13.8. The number of fused-ring (bicyclic) bond motifs is 1. The highest BCUT2D eigenvalue weighted by Crippen LogP contribution is 2.40. The van der Waals surface area contributed by atoms with Gasteiger partial charge in [-0.2, -0.15) is 35.7 Å². The van der Waals surface area contributed by atoms with Crippen molar-refractivity contribution in [3.05, 3.63) is 343 Å². The third kappa shape index (κ3) is 21.8. The van der Waals surface area contributed by atoms with Crippen molar-refractivity contribution in [1.29, 1.82) is 5.26 Å². The number of ether oxygens (including phenoxy) is 1. The van der Waals surface area contributed by atoms with Crippen LogP contribution < -0.4 is 10.2 Å². The molecule has 620 valence electrons. The van der Waals surface area contributed by atoms with E-state index in [1.165, 1.54) is 41.0 Å². The number of halogens is 4. The maximum absolute atomic E-state index is 13.0. The molecule has 122 heavy (non-hydrogen) atoms. The van der Waals surface area contributed by atoms with Crippen LogP contribution in [0.5, 0.6) is 0 Å². The van der Waals surface area contributed by atoms with E-state index in [9.17, 15) is 13.9 Å². The van der Waals surface area contributed by atoms with Crippen molar-refractivity contribution in [1.82, 2.24) is 98.3 Å². The van der Waals surface area contributed by atoms with Crippen molar-refractivity contribution in [2.45, 2.75) is 120 Å². The first-order valence-corrected chi connectivity index (χ1v) is 40.7. The smallest absolute Gasteiger partial charge is 0.252 e. The van der Waals surface area contributed by atoms with Gasteiger partial charge in [-0.1, -0.05) is 117 Å². The summed E-state index contributed by atoms with van der Waals surface area (Å²) in [6, 6.07) is 60.3. The maximum Gasteiger partial charge on any atom is 0.252 e. The van der Waals surface area contributed by atoms with Crippen molar-refractivity contribution in [2.75, 3.05) is 36.5 Å². The number of benzene rings is 5. The number of aryl methyl sites for hydroxylation is 8. The number of hydrogen-bond acceptors (Lipinski definition) is 19. The Balaban J connectivity index is 0.000000125. The van der Waals surface area contributed by atoms with Crippen LogP contribution in [0.15, 0.2) is 219 Å². The molecule has 25 nitrogen and oxygen atoms in total. The Hall–Kier alpha value is -13.4. The molecule has 0 radical (unpaired) electrons. The van der Waals surface area contributed by atoms with Gasteiger partial charge < -0.3 is 24.6 Å². The Morgan fingerprint density at radius 1 is 0.500 bits per heavy atom. The molecular formula is C93H93Cl2F2N23O2. The van der Waals surface area contributed by atoms with Crippen LogP contribution in [-0.4, -0.2) is 130 Å².